The van der Waals surface area contributed by atoms with Crippen molar-refractivity contribution in [3.63, 3.8) is 0 Å². The van der Waals surface area contributed by atoms with E-state index in [9.17, 15) is 14.0 Å². The van der Waals surface area contributed by atoms with Crippen LogP contribution >= 0.6 is 0 Å². The lowest BCUT2D eigenvalue weighted by molar-refractivity contribution is -0.133. The number of hydrogen-bond donors (Lipinski definition) is 1. The van der Waals surface area contributed by atoms with Crippen molar-refractivity contribution in [2.75, 3.05) is 37.6 Å². The average Bonchev–Trinajstić information content (AvgIpc) is 2.52. The summed E-state index contributed by atoms with van der Waals surface area (Å²) in [6, 6.07) is 6.65. The summed E-state index contributed by atoms with van der Waals surface area (Å²) in [6.07, 6.45) is 0. The van der Waals surface area contributed by atoms with Crippen LogP contribution in [-0.4, -0.2) is 49.4 Å². The van der Waals surface area contributed by atoms with Crippen molar-refractivity contribution >= 4 is 17.5 Å². The van der Waals surface area contributed by atoms with Crippen molar-refractivity contribution < 1.29 is 14.0 Å². The molecule has 0 saturated carbocycles. The second-order valence-electron chi connectivity index (χ2n) is 5.69. The second-order valence-corrected chi connectivity index (χ2v) is 5.69. The van der Waals surface area contributed by atoms with Gasteiger partial charge in [-0.2, -0.15) is 0 Å². The molecule has 2 rings (SSSR count). The maximum Gasteiger partial charge on any atom is 0.242 e. The van der Waals surface area contributed by atoms with E-state index in [1.165, 1.54) is 6.07 Å². The van der Waals surface area contributed by atoms with Gasteiger partial charge in [-0.1, -0.05) is 26.0 Å². The molecule has 0 aromatic heterocycles. The maximum atomic E-state index is 13.7. The largest absolute Gasteiger partial charge is 0.366 e. The van der Waals surface area contributed by atoms with E-state index in [4.69, 9.17) is 0 Å². The first kappa shape index (κ1) is 16.3. The standard InChI is InChI=1S/C16H22FN3O2/c1-12(2)16(22)18-11-15(21)20-9-7-19(8-10-20)14-6-4-3-5-13(14)17/h3-6,12H,7-11H2,1-2H3,(H,18,22). The van der Waals surface area contributed by atoms with Crippen LogP contribution in [0.5, 0.6) is 0 Å². The number of benzene rings is 1. The summed E-state index contributed by atoms with van der Waals surface area (Å²) in [7, 11) is 0. The highest BCUT2D eigenvalue weighted by atomic mass is 19.1. The molecule has 1 aliphatic rings. The van der Waals surface area contributed by atoms with Crippen molar-refractivity contribution in [2.45, 2.75) is 13.8 Å². The molecule has 0 spiro atoms. The lowest BCUT2D eigenvalue weighted by atomic mass is 10.2. The van der Waals surface area contributed by atoms with Crippen LogP contribution in [0.4, 0.5) is 10.1 Å². The average molecular weight is 307 g/mol. The van der Waals surface area contributed by atoms with E-state index < -0.39 is 0 Å². The van der Waals surface area contributed by atoms with E-state index in [1.54, 1.807) is 36.9 Å². The van der Waals surface area contributed by atoms with Gasteiger partial charge < -0.3 is 15.1 Å². The lowest BCUT2D eigenvalue weighted by Gasteiger charge is -2.36. The predicted octanol–water partition coefficient (Wildman–Crippen LogP) is 1.25. The van der Waals surface area contributed by atoms with Gasteiger partial charge in [-0.3, -0.25) is 9.59 Å². The molecule has 1 aromatic rings. The van der Waals surface area contributed by atoms with E-state index in [0.29, 0.717) is 31.9 Å². The zero-order chi connectivity index (χ0) is 16.1. The molecule has 0 bridgehead atoms. The Kier molecular flexibility index (Phi) is 5.35. The highest BCUT2D eigenvalue weighted by Crippen LogP contribution is 2.20. The normalized spacial score (nSPS) is 15.1. The molecule has 1 heterocycles. The molecule has 2 amide bonds. The molecule has 0 unspecified atom stereocenters. The first-order valence-corrected chi connectivity index (χ1v) is 7.54. The monoisotopic (exact) mass is 307 g/mol. The molecule has 120 valence electrons. The van der Waals surface area contributed by atoms with Crippen molar-refractivity contribution in [3.05, 3.63) is 30.1 Å². The molecule has 1 aromatic carbocycles. The van der Waals surface area contributed by atoms with Gasteiger partial charge in [0.25, 0.3) is 0 Å². The fourth-order valence-electron chi connectivity index (χ4n) is 2.38. The summed E-state index contributed by atoms with van der Waals surface area (Å²) in [6.45, 7) is 5.84. The summed E-state index contributed by atoms with van der Waals surface area (Å²) in [5, 5.41) is 2.63. The molecule has 1 N–H and O–H groups in total. The first-order chi connectivity index (χ1) is 10.5. The van der Waals surface area contributed by atoms with Gasteiger partial charge in [-0.05, 0) is 12.1 Å². The minimum Gasteiger partial charge on any atom is -0.366 e. The number of anilines is 1. The van der Waals surface area contributed by atoms with Gasteiger partial charge in [-0.25, -0.2) is 4.39 Å². The van der Waals surface area contributed by atoms with Gasteiger partial charge >= 0.3 is 0 Å². The Morgan fingerprint density at radius 1 is 1.18 bits per heavy atom. The van der Waals surface area contributed by atoms with Crippen molar-refractivity contribution in [2.24, 2.45) is 5.92 Å². The SMILES string of the molecule is CC(C)C(=O)NCC(=O)N1CCN(c2ccccc2F)CC1. The molecule has 1 saturated heterocycles. The maximum absolute atomic E-state index is 13.7. The van der Waals surface area contributed by atoms with Gasteiger partial charge in [0.1, 0.15) is 5.82 Å². The smallest absolute Gasteiger partial charge is 0.242 e. The van der Waals surface area contributed by atoms with Crippen LogP contribution in [-0.2, 0) is 9.59 Å². The highest BCUT2D eigenvalue weighted by molar-refractivity contribution is 5.85. The van der Waals surface area contributed by atoms with Crippen LogP contribution < -0.4 is 10.2 Å². The molecule has 22 heavy (non-hydrogen) atoms. The second kappa shape index (κ2) is 7.24. The van der Waals surface area contributed by atoms with Crippen LogP contribution in [0.1, 0.15) is 13.8 Å². The van der Waals surface area contributed by atoms with Crippen LogP contribution in [0, 0.1) is 11.7 Å². The molecule has 0 radical (unpaired) electrons. The number of hydrogen-bond acceptors (Lipinski definition) is 3. The Hall–Kier alpha value is -2.11. The number of nitrogens with one attached hydrogen (secondary N) is 1. The minimum absolute atomic E-state index is 0.0245. The van der Waals surface area contributed by atoms with Crippen LogP contribution in [0.2, 0.25) is 0 Å². The number of para-hydroxylation sites is 1. The summed E-state index contributed by atoms with van der Waals surface area (Å²) in [5.74, 6) is -0.599. The Morgan fingerprint density at radius 2 is 1.82 bits per heavy atom. The predicted molar refractivity (Wildman–Crippen MR) is 83.0 cm³/mol. The number of carbonyl (C=O) groups excluding carboxylic acids is 2. The Balaban J connectivity index is 1.83. The Bertz CT molecular complexity index is 540. The summed E-state index contributed by atoms with van der Waals surface area (Å²) in [4.78, 5) is 27.2. The van der Waals surface area contributed by atoms with Gasteiger partial charge in [0.15, 0.2) is 0 Å². The van der Waals surface area contributed by atoms with E-state index in [0.717, 1.165) is 0 Å². The molecule has 1 aliphatic heterocycles. The highest BCUT2D eigenvalue weighted by Gasteiger charge is 2.22. The van der Waals surface area contributed by atoms with Crippen molar-refractivity contribution in [3.8, 4) is 0 Å². The zero-order valence-electron chi connectivity index (χ0n) is 13.0. The van der Waals surface area contributed by atoms with E-state index in [1.807, 2.05) is 4.90 Å². The van der Waals surface area contributed by atoms with Gasteiger partial charge in [0.2, 0.25) is 11.8 Å². The van der Waals surface area contributed by atoms with Crippen LogP contribution in [0.25, 0.3) is 0 Å². The van der Waals surface area contributed by atoms with Gasteiger partial charge in [0.05, 0.1) is 12.2 Å². The number of rotatable bonds is 4. The van der Waals surface area contributed by atoms with Crippen molar-refractivity contribution in [1.29, 1.82) is 0 Å². The molecule has 0 atom stereocenters. The Labute approximate surface area is 130 Å². The molecule has 1 fully saturated rings. The fourth-order valence-corrected chi connectivity index (χ4v) is 2.38. The quantitative estimate of drug-likeness (QED) is 0.911. The fraction of sp³-hybridized carbons (Fsp3) is 0.500. The lowest BCUT2D eigenvalue weighted by Crippen LogP contribution is -2.51. The first-order valence-electron chi connectivity index (χ1n) is 7.54. The molecule has 5 nitrogen and oxygen atoms in total. The van der Waals surface area contributed by atoms with Crippen LogP contribution in [0.15, 0.2) is 24.3 Å². The third-order valence-electron chi connectivity index (χ3n) is 3.76. The third-order valence-corrected chi connectivity index (χ3v) is 3.76. The zero-order valence-corrected chi connectivity index (χ0v) is 13.0. The summed E-state index contributed by atoms with van der Waals surface area (Å²) < 4.78 is 13.7. The van der Waals surface area contributed by atoms with E-state index >= 15 is 0 Å². The topological polar surface area (TPSA) is 52.7 Å². The number of amides is 2. The van der Waals surface area contributed by atoms with Gasteiger partial charge in [-0.15, -0.1) is 0 Å². The minimum atomic E-state index is -0.244. The molecular formula is C16H22FN3O2. The number of nitrogens with zero attached hydrogens (tertiary/aromatic N) is 2. The molecular weight excluding hydrogens is 285 g/mol. The number of carbonyl (C=O) groups is 2. The molecule has 0 aliphatic carbocycles. The third kappa shape index (κ3) is 3.96. The molecule has 6 heteroatoms. The number of halogens is 1. The van der Waals surface area contributed by atoms with Gasteiger partial charge in [0, 0.05) is 32.1 Å². The number of piperazine rings is 1. The van der Waals surface area contributed by atoms with Crippen LogP contribution in [0.3, 0.4) is 0 Å². The van der Waals surface area contributed by atoms with E-state index in [-0.39, 0.29) is 30.1 Å². The van der Waals surface area contributed by atoms with Crippen molar-refractivity contribution in [1.82, 2.24) is 10.2 Å². The summed E-state index contributed by atoms with van der Waals surface area (Å²) >= 11 is 0. The summed E-state index contributed by atoms with van der Waals surface area (Å²) in [5.41, 5.74) is 0.572. The Morgan fingerprint density at radius 3 is 2.41 bits per heavy atom. The van der Waals surface area contributed by atoms with E-state index in [2.05, 4.69) is 5.32 Å².